The molecule has 0 aromatic heterocycles. The average molecular weight is 231 g/mol. The van der Waals surface area contributed by atoms with Gasteiger partial charge in [0.15, 0.2) is 0 Å². The van der Waals surface area contributed by atoms with E-state index in [0.29, 0.717) is 5.69 Å². The quantitative estimate of drug-likeness (QED) is 0.820. The maximum atomic E-state index is 12.7. The van der Waals surface area contributed by atoms with Gasteiger partial charge in [0.05, 0.1) is 11.5 Å². The molecule has 3 N–H and O–H groups in total. The van der Waals surface area contributed by atoms with E-state index >= 15 is 0 Å². The number of rotatable bonds is 2. The summed E-state index contributed by atoms with van der Waals surface area (Å²) < 4.78 is 13.4. The topological polar surface area (TPSA) is 38.0 Å². The predicted molar refractivity (Wildman–Crippen MR) is 51.1 cm³/mol. The Morgan fingerprint density at radius 3 is 2.83 bits per heavy atom. The first-order chi connectivity index (χ1) is 5.59. The third-order valence-electron chi connectivity index (χ3n) is 1.22. The molecule has 0 unspecified atom stereocenters. The van der Waals surface area contributed by atoms with Crippen molar-refractivity contribution < 1.29 is 4.39 Å². The van der Waals surface area contributed by atoms with Crippen LogP contribution in [0.5, 0.6) is 0 Å². The maximum Gasteiger partial charge on any atom is 0.125 e. The van der Waals surface area contributed by atoms with Gasteiger partial charge in [0.1, 0.15) is 5.82 Å². The molecule has 0 aliphatic carbocycles. The summed E-state index contributed by atoms with van der Waals surface area (Å²) in [6.45, 7) is 3.44. The molecule has 4 heteroatoms. The molecule has 1 aromatic rings. The van der Waals surface area contributed by atoms with Crippen molar-refractivity contribution in [2.75, 3.05) is 5.32 Å². The highest BCUT2D eigenvalue weighted by molar-refractivity contribution is 9.10. The van der Waals surface area contributed by atoms with Crippen molar-refractivity contribution in [3.63, 3.8) is 0 Å². The third-order valence-corrected chi connectivity index (χ3v) is 1.92. The smallest absolute Gasteiger partial charge is 0.125 e. The van der Waals surface area contributed by atoms with Crippen molar-refractivity contribution >= 4 is 21.6 Å². The van der Waals surface area contributed by atoms with Crippen molar-refractivity contribution in [1.29, 1.82) is 0 Å². The number of nitrogens with one attached hydrogen (secondary N) is 1. The first-order valence-corrected chi connectivity index (χ1v) is 4.05. The Hall–Kier alpha value is -1.03. The van der Waals surface area contributed by atoms with Crippen LogP contribution in [0.15, 0.2) is 35.1 Å². The third kappa shape index (κ3) is 2.23. The van der Waals surface area contributed by atoms with Gasteiger partial charge >= 0.3 is 0 Å². The molecule has 0 atom stereocenters. The Balaban J connectivity index is 2.97. The lowest BCUT2D eigenvalue weighted by atomic mass is 10.3. The zero-order chi connectivity index (χ0) is 9.14. The Morgan fingerprint density at radius 1 is 1.58 bits per heavy atom. The molecule has 64 valence electrons. The van der Waals surface area contributed by atoms with E-state index in [1.807, 2.05) is 0 Å². The second kappa shape index (κ2) is 3.58. The summed E-state index contributed by atoms with van der Waals surface area (Å²) in [5, 5.41) is 2.71. The van der Waals surface area contributed by atoms with Crippen LogP contribution in [0, 0.1) is 5.82 Å². The average Bonchev–Trinajstić information content (AvgIpc) is 1.96. The molecule has 12 heavy (non-hydrogen) atoms. The van der Waals surface area contributed by atoms with E-state index < -0.39 is 0 Å². The van der Waals surface area contributed by atoms with Crippen LogP contribution in [-0.2, 0) is 0 Å². The van der Waals surface area contributed by atoms with Gasteiger partial charge in [-0.2, -0.15) is 0 Å². The van der Waals surface area contributed by atoms with E-state index in [4.69, 9.17) is 5.73 Å². The normalized spacial score (nSPS) is 9.50. The van der Waals surface area contributed by atoms with E-state index in [0.717, 1.165) is 4.47 Å². The van der Waals surface area contributed by atoms with Crippen LogP contribution in [0.1, 0.15) is 0 Å². The summed E-state index contributed by atoms with van der Waals surface area (Å²) in [6.07, 6.45) is 0. The van der Waals surface area contributed by atoms with Crippen molar-refractivity contribution in [2.45, 2.75) is 0 Å². The van der Waals surface area contributed by atoms with Crippen LogP contribution < -0.4 is 11.1 Å². The molecule has 0 amide bonds. The monoisotopic (exact) mass is 230 g/mol. The molecule has 0 heterocycles. The highest BCUT2D eigenvalue weighted by atomic mass is 79.9. The predicted octanol–water partition coefficient (Wildman–Crippen LogP) is 2.43. The number of nitrogens with two attached hydrogens (primary N) is 1. The minimum atomic E-state index is -0.318. The lowest BCUT2D eigenvalue weighted by Gasteiger charge is -2.06. The molecule has 0 radical (unpaired) electrons. The molecule has 0 aliphatic heterocycles. The zero-order valence-corrected chi connectivity index (χ0v) is 7.86. The zero-order valence-electron chi connectivity index (χ0n) is 6.27. The van der Waals surface area contributed by atoms with Gasteiger partial charge < -0.3 is 11.1 Å². The van der Waals surface area contributed by atoms with Crippen LogP contribution >= 0.6 is 15.9 Å². The van der Waals surface area contributed by atoms with E-state index in [9.17, 15) is 4.39 Å². The van der Waals surface area contributed by atoms with Gasteiger partial charge in [0, 0.05) is 4.47 Å². The van der Waals surface area contributed by atoms with Crippen molar-refractivity contribution in [3.8, 4) is 0 Å². The summed E-state index contributed by atoms with van der Waals surface area (Å²) in [7, 11) is 0. The molecular weight excluding hydrogens is 223 g/mol. The Labute approximate surface area is 78.4 Å². The fourth-order valence-electron chi connectivity index (χ4n) is 0.766. The summed E-state index contributed by atoms with van der Waals surface area (Å²) in [4.78, 5) is 0. The Kier molecular flexibility index (Phi) is 2.70. The highest BCUT2D eigenvalue weighted by Crippen LogP contribution is 2.23. The molecule has 0 spiro atoms. The van der Waals surface area contributed by atoms with Crippen LogP contribution in [0.4, 0.5) is 10.1 Å². The van der Waals surface area contributed by atoms with Crippen LogP contribution in [0.3, 0.4) is 0 Å². The second-order valence-corrected chi connectivity index (χ2v) is 3.13. The van der Waals surface area contributed by atoms with Crippen LogP contribution in [-0.4, -0.2) is 0 Å². The largest absolute Gasteiger partial charge is 0.386 e. The van der Waals surface area contributed by atoms with Gasteiger partial charge in [-0.25, -0.2) is 4.39 Å². The number of benzene rings is 1. The van der Waals surface area contributed by atoms with Crippen molar-refractivity contribution in [1.82, 2.24) is 0 Å². The first kappa shape index (κ1) is 9.06. The van der Waals surface area contributed by atoms with Crippen molar-refractivity contribution in [2.24, 2.45) is 5.73 Å². The fourth-order valence-corrected chi connectivity index (χ4v) is 1.11. The number of hydrogen-bond acceptors (Lipinski definition) is 2. The molecule has 0 saturated heterocycles. The molecule has 2 nitrogen and oxygen atoms in total. The molecule has 0 saturated carbocycles. The van der Waals surface area contributed by atoms with Gasteiger partial charge in [-0.15, -0.1) is 0 Å². The van der Waals surface area contributed by atoms with Gasteiger partial charge in [-0.05, 0) is 34.1 Å². The summed E-state index contributed by atoms with van der Waals surface area (Å²) in [5.41, 5.74) is 5.87. The molecule has 0 bridgehead atoms. The molecular formula is C8H8BrFN2. The van der Waals surface area contributed by atoms with E-state index in [1.165, 1.54) is 12.1 Å². The molecule has 0 fully saturated rings. The lowest BCUT2D eigenvalue weighted by Crippen LogP contribution is -2.07. The Bertz CT molecular complexity index is 312. The SMILES string of the molecule is C=C(N)Nc1cc(F)ccc1Br. The van der Waals surface area contributed by atoms with E-state index in [1.54, 1.807) is 6.07 Å². The Morgan fingerprint density at radius 2 is 2.25 bits per heavy atom. The van der Waals surface area contributed by atoms with Gasteiger partial charge in [-0.1, -0.05) is 6.58 Å². The first-order valence-electron chi connectivity index (χ1n) is 3.26. The highest BCUT2D eigenvalue weighted by Gasteiger charge is 2.00. The molecule has 0 aliphatic rings. The van der Waals surface area contributed by atoms with E-state index in [2.05, 4.69) is 27.8 Å². The molecule has 1 rings (SSSR count). The van der Waals surface area contributed by atoms with Crippen molar-refractivity contribution in [3.05, 3.63) is 40.9 Å². The number of halogens is 2. The minimum Gasteiger partial charge on any atom is -0.386 e. The summed E-state index contributed by atoms with van der Waals surface area (Å²) in [6, 6.07) is 4.29. The van der Waals surface area contributed by atoms with Gasteiger partial charge in [-0.3, -0.25) is 0 Å². The lowest BCUT2D eigenvalue weighted by molar-refractivity contribution is 0.628. The van der Waals surface area contributed by atoms with Gasteiger partial charge in [0.25, 0.3) is 0 Å². The number of anilines is 1. The minimum absolute atomic E-state index is 0.279. The summed E-state index contributed by atoms with van der Waals surface area (Å²) in [5.74, 6) is -0.0387. The van der Waals surface area contributed by atoms with Crippen LogP contribution in [0.2, 0.25) is 0 Å². The fraction of sp³-hybridized carbons (Fsp3) is 0. The number of hydrogen-bond donors (Lipinski definition) is 2. The van der Waals surface area contributed by atoms with Gasteiger partial charge in [0.2, 0.25) is 0 Å². The molecule has 1 aromatic carbocycles. The van der Waals surface area contributed by atoms with E-state index in [-0.39, 0.29) is 11.6 Å². The van der Waals surface area contributed by atoms with Crippen LogP contribution in [0.25, 0.3) is 0 Å². The second-order valence-electron chi connectivity index (χ2n) is 2.27. The maximum absolute atomic E-state index is 12.7. The standard InChI is InChI=1S/C8H8BrFN2/c1-5(11)12-8-4-6(10)2-3-7(8)9/h2-4,12H,1,11H2. The summed E-state index contributed by atoms with van der Waals surface area (Å²) >= 11 is 3.23.